The Morgan fingerprint density at radius 2 is 2.58 bits per heavy atom. The van der Waals surface area contributed by atoms with Crippen LogP contribution < -0.4 is 0 Å². The molecule has 1 aromatic rings. The molecule has 0 saturated heterocycles. The fourth-order valence-corrected chi connectivity index (χ4v) is 0.828. The maximum Gasteiger partial charge on any atom is 0.327 e. The van der Waals surface area contributed by atoms with Crippen LogP contribution in [0.3, 0.4) is 0 Å². The molecule has 1 aromatic heterocycles. The number of hydrogen-bond acceptors (Lipinski definition) is 4. The monoisotopic (exact) mass is 189 g/mol. The van der Waals surface area contributed by atoms with Crippen LogP contribution in [-0.2, 0) is 16.1 Å². The second-order valence-corrected chi connectivity index (χ2v) is 2.35. The van der Waals surface area contributed by atoms with Crippen LogP contribution in [0.25, 0.3) is 0 Å². The highest BCUT2D eigenvalue weighted by molar-refractivity contribution is 6.28. The first-order valence-corrected chi connectivity index (χ1v) is 3.80. The van der Waals surface area contributed by atoms with Gasteiger partial charge in [-0.05, 0) is 18.5 Å². The molecule has 6 heteroatoms. The number of ether oxygens (including phenoxy) is 1. The van der Waals surface area contributed by atoms with Crippen molar-refractivity contribution in [1.29, 1.82) is 0 Å². The molecule has 66 valence electrons. The summed E-state index contributed by atoms with van der Waals surface area (Å²) in [7, 11) is 0. The lowest BCUT2D eigenvalue weighted by Crippen LogP contribution is -2.13. The van der Waals surface area contributed by atoms with Crippen molar-refractivity contribution in [2.45, 2.75) is 13.5 Å². The number of aromatic nitrogens is 3. The van der Waals surface area contributed by atoms with E-state index in [0.717, 1.165) is 0 Å². The molecule has 0 N–H and O–H groups in total. The predicted octanol–water partition coefficient (Wildman–Crippen LogP) is 0.495. The van der Waals surface area contributed by atoms with Crippen LogP contribution in [0.1, 0.15) is 6.92 Å². The number of hydrogen-bond donors (Lipinski definition) is 0. The molecule has 0 atom stereocenters. The van der Waals surface area contributed by atoms with Crippen molar-refractivity contribution in [1.82, 2.24) is 14.8 Å². The number of halogens is 1. The predicted molar refractivity (Wildman–Crippen MR) is 41.7 cm³/mol. The van der Waals surface area contributed by atoms with Crippen LogP contribution in [0.4, 0.5) is 0 Å². The van der Waals surface area contributed by atoms with E-state index in [0.29, 0.717) is 6.61 Å². The van der Waals surface area contributed by atoms with E-state index in [1.807, 2.05) is 0 Å². The van der Waals surface area contributed by atoms with Gasteiger partial charge in [-0.2, -0.15) is 0 Å². The summed E-state index contributed by atoms with van der Waals surface area (Å²) in [5.41, 5.74) is 0. The van der Waals surface area contributed by atoms with Crippen LogP contribution >= 0.6 is 11.6 Å². The molecule has 0 aliphatic heterocycles. The number of nitrogens with zero attached hydrogens (tertiary/aromatic N) is 3. The molecule has 0 aliphatic rings. The molecule has 0 aromatic carbocycles. The van der Waals surface area contributed by atoms with Crippen molar-refractivity contribution in [3.8, 4) is 0 Å². The average Bonchev–Trinajstić information content (AvgIpc) is 2.36. The minimum Gasteiger partial charge on any atom is -0.465 e. The normalized spacial score (nSPS) is 9.83. The quantitative estimate of drug-likeness (QED) is 0.650. The van der Waals surface area contributed by atoms with Crippen molar-refractivity contribution in [2.75, 3.05) is 6.61 Å². The summed E-state index contributed by atoms with van der Waals surface area (Å²) in [6.45, 7) is 2.15. The summed E-state index contributed by atoms with van der Waals surface area (Å²) in [6.07, 6.45) is 1.37. The largest absolute Gasteiger partial charge is 0.465 e. The molecule has 5 nitrogen and oxygen atoms in total. The second kappa shape index (κ2) is 4.06. The maximum absolute atomic E-state index is 10.9. The molecule has 1 rings (SSSR count). The maximum atomic E-state index is 10.9. The molecule has 0 aliphatic carbocycles. The van der Waals surface area contributed by atoms with Gasteiger partial charge in [-0.15, -0.1) is 5.10 Å². The molecule has 12 heavy (non-hydrogen) atoms. The summed E-state index contributed by atoms with van der Waals surface area (Å²) >= 11 is 5.43. The van der Waals surface area contributed by atoms with Crippen LogP contribution in [0.5, 0.6) is 0 Å². The lowest BCUT2D eigenvalue weighted by atomic mass is 10.6. The van der Waals surface area contributed by atoms with E-state index in [2.05, 4.69) is 14.8 Å². The molecule has 0 unspecified atom stereocenters. The zero-order chi connectivity index (χ0) is 8.97. The molecular formula is C6H8ClN3O2. The molecule has 0 amide bonds. The highest BCUT2D eigenvalue weighted by Gasteiger charge is 2.04. The number of esters is 1. The minimum absolute atomic E-state index is 0.0492. The zero-order valence-electron chi connectivity index (χ0n) is 6.53. The molecular weight excluding hydrogens is 182 g/mol. The minimum atomic E-state index is -0.348. The van der Waals surface area contributed by atoms with Gasteiger partial charge in [0.2, 0.25) is 5.28 Å². The summed E-state index contributed by atoms with van der Waals surface area (Å²) < 4.78 is 6.00. The van der Waals surface area contributed by atoms with Crippen molar-refractivity contribution in [3.05, 3.63) is 11.6 Å². The van der Waals surface area contributed by atoms with Gasteiger partial charge in [0.05, 0.1) is 6.61 Å². The summed E-state index contributed by atoms with van der Waals surface area (Å²) in [5.74, 6) is -0.348. The van der Waals surface area contributed by atoms with Crippen LogP contribution in [0.15, 0.2) is 6.33 Å². The highest BCUT2D eigenvalue weighted by Crippen LogP contribution is 1.96. The van der Waals surface area contributed by atoms with Gasteiger partial charge in [0, 0.05) is 0 Å². The first-order chi connectivity index (χ1) is 5.72. The van der Waals surface area contributed by atoms with E-state index >= 15 is 0 Å². The Bertz CT molecular complexity index is 274. The summed E-state index contributed by atoms with van der Waals surface area (Å²) in [4.78, 5) is 14.5. The van der Waals surface area contributed by atoms with Gasteiger partial charge in [-0.25, -0.2) is 9.67 Å². The van der Waals surface area contributed by atoms with Crippen molar-refractivity contribution < 1.29 is 9.53 Å². The third kappa shape index (κ3) is 2.50. The number of carbonyl (C=O) groups excluding carboxylic acids is 1. The van der Waals surface area contributed by atoms with Gasteiger partial charge in [0.1, 0.15) is 12.9 Å². The molecule has 0 fully saturated rings. The molecule has 1 heterocycles. The first kappa shape index (κ1) is 8.99. The van der Waals surface area contributed by atoms with E-state index < -0.39 is 0 Å². The van der Waals surface area contributed by atoms with Gasteiger partial charge in [0.15, 0.2) is 0 Å². The third-order valence-electron chi connectivity index (χ3n) is 1.10. The smallest absolute Gasteiger partial charge is 0.327 e. The van der Waals surface area contributed by atoms with Crippen molar-refractivity contribution in [3.63, 3.8) is 0 Å². The van der Waals surface area contributed by atoms with Crippen LogP contribution in [0, 0.1) is 0 Å². The summed E-state index contributed by atoms with van der Waals surface area (Å²) in [5, 5.41) is 3.83. The Balaban J connectivity index is 2.46. The van der Waals surface area contributed by atoms with E-state index in [1.165, 1.54) is 11.0 Å². The lowest BCUT2D eigenvalue weighted by Gasteiger charge is -1.99. The van der Waals surface area contributed by atoms with E-state index in [-0.39, 0.29) is 17.8 Å². The summed E-state index contributed by atoms with van der Waals surface area (Å²) in [6, 6.07) is 0. The number of carbonyl (C=O) groups is 1. The highest BCUT2D eigenvalue weighted by atomic mass is 35.5. The zero-order valence-corrected chi connectivity index (χ0v) is 7.28. The molecule has 0 bridgehead atoms. The number of rotatable bonds is 3. The Labute approximate surface area is 74.3 Å². The van der Waals surface area contributed by atoms with Gasteiger partial charge in [0.25, 0.3) is 0 Å². The topological polar surface area (TPSA) is 57.0 Å². The molecule has 0 spiro atoms. The van der Waals surface area contributed by atoms with E-state index in [9.17, 15) is 4.79 Å². The van der Waals surface area contributed by atoms with Crippen molar-refractivity contribution >= 4 is 17.6 Å². The standard InChI is InChI=1S/C6H8ClN3O2/c1-2-12-5(11)3-10-4-8-6(7)9-10/h4H,2-3H2,1H3. The van der Waals surface area contributed by atoms with Gasteiger partial charge < -0.3 is 4.74 Å². The van der Waals surface area contributed by atoms with E-state index in [1.54, 1.807) is 6.92 Å². The van der Waals surface area contributed by atoms with Gasteiger partial charge in [-0.1, -0.05) is 0 Å². The molecule has 0 saturated carbocycles. The van der Waals surface area contributed by atoms with E-state index in [4.69, 9.17) is 11.6 Å². The second-order valence-electron chi connectivity index (χ2n) is 2.02. The van der Waals surface area contributed by atoms with Crippen molar-refractivity contribution in [2.24, 2.45) is 0 Å². The fourth-order valence-electron chi connectivity index (χ4n) is 0.687. The Morgan fingerprint density at radius 1 is 1.83 bits per heavy atom. The van der Waals surface area contributed by atoms with Crippen LogP contribution in [-0.4, -0.2) is 27.3 Å². The Hall–Kier alpha value is -1.10. The Morgan fingerprint density at radius 3 is 3.08 bits per heavy atom. The first-order valence-electron chi connectivity index (χ1n) is 3.43. The van der Waals surface area contributed by atoms with Gasteiger partial charge in [-0.3, -0.25) is 4.79 Å². The third-order valence-corrected chi connectivity index (χ3v) is 1.28. The molecule has 0 radical (unpaired) electrons. The SMILES string of the molecule is CCOC(=O)Cn1cnc(Cl)n1. The Kier molecular flexibility index (Phi) is 3.04. The van der Waals surface area contributed by atoms with Gasteiger partial charge >= 0.3 is 5.97 Å². The average molecular weight is 190 g/mol. The van der Waals surface area contributed by atoms with Crippen LogP contribution in [0.2, 0.25) is 5.28 Å². The lowest BCUT2D eigenvalue weighted by molar-refractivity contribution is -0.144. The fraction of sp³-hybridized carbons (Fsp3) is 0.500.